The molecule has 1 amide bonds. The molecule has 0 saturated carbocycles. The van der Waals surface area contributed by atoms with E-state index >= 15 is 0 Å². The third kappa shape index (κ3) is 3.82. The van der Waals surface area contributed by atoms with E-state index in [1.807, 2.05) is 31.2 Å². The number of carbonyl (C=O) groups excluding carboxylic acids is 1. The lowest BCUT2D eigenvalue weighted by Gasteiger charge is -2.16. The largest absolute Gasteiger partial charge is 0.507 e. The molecule has 0 aliphatic rings. The average Bonchev–Trinajstić information content (AvgIpc) is 3.01. The van der Waals surface area contributed by atoms with Gasteiger partial charge in [0.25, 0.3) is 0 Å². The summed E-state index contributed by atoms with van der Waals surface area (Å²) in [4.78, 5) is 12.5. The molecule has 3 N–H and O–H groups in total. The third-order valence-electron chi connectivity index (χ3n) is 4.26. The minimum absolute atomic E-state index is 0.0610. The molecule has 1 heterocycles. The van der Waals surface area contributed by atoms with Gasteiger partial charge in [0.05, 0.1) is 10.6 Å². The maximum absolute atomic E-state index is 12.5. The van der Waals surface area contributed by atoms with Gasteiger partial charge in [0.1, 0.15) is 17.2 Å². The number of amides is 1. The van der Waals surface area contributed by atoms with Crippen molar-refractivity contribution in [1.29, 1.82) is 0 Å². The lowest BCUT2D eigenvalue weighted by Crippen LogP contribution is -2.27. The second-order valence-corrected chi connectivity index (χ2v) is 8.03. The first-order chi connectivity index (χ1) is 13.1. The minimum Gasteiger partial charge on any atom is -0.507 e. The highest BCUT2D eigenvalue weighted by molar-refractivity contribution is 6.32. The number of aryl methyl sites for hydroxylation is 1. The number of anilines is 1. The van der Waals surface area contributed by atoms with Crippen molar-refractivity contribution >= 4 is 23.4 Å². The predicted octanol–water partition coefficient (Wildman–Crippen LogP) is 5.37. The fourth-order valence-electron chi connectivity index (χ4n) is 2.58. The zero-order valence-corrected chi connectivity index (χ0v) is 16.8. The second-order valence-electron chi connectivity index (χ2n) is 7.63. The van der Waals surface area contributed by atoms with Crippen molar-refractivity contribution in [2.45, 2.75) is 27.7 Å². The Hall–Kier alpha value is -2.99. The van der Waals surface area contributed by atoms with Gasteiger partial charge in [-0.1, -0.05) is 67.4 Å². The number of nitrogens with zero attached hydrogens (tertiary/aromatic N) is 1. The molecule has 28 heavy (non-hydrogen) atoms. The number of aromatic hydroxyl groups is 2. The zero-order valence-electron chi connectivity index (χ0n) is 16.0. The number of aromatic nitrogens is 1. The first kappa shape index (κ1) is 19.8. The summed E-state index contributed by atoms with van der Waals surface area (Å²) >= 11 is 6.02. The Morgan fingerprint density at radius 2 is 1.75 bits per heavy atom. The first-order valence-electron chi connectivity index (χ1n) is 8.68. The molecule has 3 rings (SSSR count). The summed E-state index contributed by atoms with van der Waals surface area (Å²) in [6.45, 7) is 7.33. The summed E-state index contributed by atoms with van der Waals surface area (Å²) in [5.41, 5.74) is 2.26. The van der Waals surface area contributed by atoms with Crippen molar-refractivity contribution in [2.24, 2.45) is 5.41 Å². The van der Waals surface area contributed by atoms with Gasteiger partial charge < -0.3 is 14.7 Å². The highest BCUT2D eigenvalue weighted by Gasteiger charge is 2.27. The third-order valence-corrected chi connectivity index (χ3v) is 4.56. The van der Waals surface area contributed by atoms with Crippen LogP contribution < -0.4 is 5.32 Å². The Morgan fingerprint density at radius 3 is 2.36 bits per heavy atom. The lowest BCUT2D eigenvalue weighted by molar-refractivity contribution is -0.123. The number of halogens is 1. The minimum atomic E-state index is -0.637. The molecule has 1 aromatic heterocycles. The van der Waals surface area contributed by atoms with Crippen LogP contribution in [0.1, 0.15) is 26.3 Å². The van der Waals surface area contributed by atoms with Crippen molar-refractivity contribution in [3.63, 3.8) is 0 Å². The smallest absolute Gasteiger partial charge is 0.239 e. The van der Waals surface area contributed by atoms with Gasteiger partial charge in [-0.2, -0.15) is 0 Å². The van der Waals surface area contributed by atoms with E-state index in [2.05, 4.69) is 10.5 Å². The van der Waals surface area contributed by atoms with Crippen LogP contribution in [-0.2, 0) is 4.79 Å². The molecule has 0 aliphatic carbocycles. The zero-order chi connectivity index (χ0) is 20.6. The SMILES string of the molecule is Cc1ccc(-c2c(-c3cc(Cl)c(O)cc3O)noc2NC(=O)C(C)(C)C)cc1. The van der Waals surface area contributed by atoms with E-state index < -0.39 is 5.41 Å². The molecule has 3 aromatic rings. The highest BCUT2D eigenvalue weighted by atomic mass is 35.5. The number of rotatable bonds is 3. The average molecular weight is 401 g/mol. The van der Waals surface area contributed by atoms with Crippen LogP contribution >= 0.6 is 11.6 Å². The molecule has 0 fully saturated rings. The summed E-state index contributed by atoms with van der Waals surface area (Å²) in [5.74, 6) is -0.527. The number of nitrogens with one attached hydrogen (secondary N) is 1. The van der Waals surface area contributed by atoms with Crippen LogP contribution in [0, 0.1) is 12.3 Å². The summed E-state index contributed by atoms with van der Waals surface area (Å²) in [5, 5.41) is 26.9. The van der Waals surface area contributed by atoms with Crippen LogP contribution in [0.2, 0.25) is 5.02 Å². The molecular formula is C21H21ClN2O4. The van der Waals surface area contributed by atoms with Crippen LogP contribution in [0.4, 0.5) is 5.88 Å². The quantitative estimate of drug-likeness (QED) is 0.549. The normalized spacial score (nSPS) is 11.5. The van der Waals surface area contributed by atoms with Gasteiger partial charge in [-0.05, 0) is 18.6 Å². The Bertz CT molecular complexity index is 1030. The van der Waals surface area contributed by atoms with Gasteiger partial charge in [0.2, 0.25) is 11.8 Å². The van der Waals surface area contributed by atoms with Crippen LogP contribution in [0.5, 0.6) is 11.5 Å². The molecule has 7 heteroatoms. The first-order valence-corrected chi connectivity index (χ1v) is 9.05. The topological polar surface area (TPSA) is 95.6 Å². The van der Waals surface area contributed by atoms with Crippen LogP contribution in [-0.4, -0.2) is 21.3 Å². The van der Waals surface area contributed by atoms with Crippen molar-refractivity contribution in [2.75, 3.05) is 5.32 Å². The lowest BCUT2D eigenvalue weighted by atomic mass is 9.95. The molecule has 2 aromatic carbocycles. The van der Waals surface area contributed by atoms with E-state index in [9.17, 15) is 15.0 Å². The van der Waals surface area contributed by atoms with E-state index in [0.717, 1.165) is 17.2 Å². The molecular weight excluding hydrogens is 380 g/mol. The fourth-order valence-corrected chi connectivity index (χ4v) is 2.74. The van der Waals surface area contributed by atoms with Crippen molar-refractivity contribution in [3.8, 4) is 33.9 Å². The van der Waals surface area contributed by atoms with Gasteiger partial charge >= 0.3 is 0 Å². The summed E-state index contributed by atoms with van der Waals surface area (Å²) < 4.78 is 5.43. The van der Waals surface area contributed by atoms with Gasteiger partial charge in [-0.3, -0.25) is 10.1 Å². The molecule has 0 spiro atoms. The van der Waals surface area contributed by atoms with Crippen LogP contribution in [0.3, 0.4) is 0 Å². The van der Waals surface area contributed by atoms with Crippen molar-refractivity contribution in [1.82, 2.24) is 5.16 Å². The monoisotopic (exact) mass is 400 g/mol. The van der Waals surface area contributed by atoms with Crippen LogP contribution in [0.15, 0.2) is 40.9 Å². The molecule has 0 radical (unpaired) electrons. The molecule has 6 nitrogen and oxygen atoms in total. The Kier molecular flexibility index (Phi) is 5.08. The Morgan fingerprint density at radius 1 is 1.11 bits per heavy atom. The van der Waals surface area contributed by atoms with E-state index in [1.165, 1.54) is 6.07 Å². The van der Waals surface area contributed by atoms with Gasteiger partial charge in [0.15, 0.2) is 0 Å². The second kappa shape index (κ2) is 7.20. The predicted molar refractivity (Wildman–Crippen MR) is 109 cm³/mol. The molecule has 0 unspecified atom stereocenters. The van der Waals surface area contributed by atoms with E-state index in [0.29, 0.717) is 11.3 Å². The summed E-state index contributed by atoms with van der Waals surface area (Å²) in [7, 11) is 0. The highest BCUT2D eigenvalue weighted by Crippen LogP contribution is 2.44. The van der Waals surface area contributed by atoms with Gasteiger partial charge in [0, 0.05) is 17.0 Å². The fraction of sp³-hybridized carbons (Fsp3) is 0.238. The molecule has 0 atom stereocenters. The standard InChI is InChI=1S/C21H21ClN2O4/c1-11-5-7-12(8-6-11)17-18(13-9-14(22)16(26)10-15(13)25)24-28-19(17)23-20(27)21(2,3)4/h5-10,25-26H,1-4H3,(H,23,27). The Balaban J connectivity index is 2.20. The maximum Gasteiger partial charge on any atom is 0.239 e. The number of hydrogen-bond donors (Lipinski definition) is 3. The summed E-state index contributed by atoms with van der Waals surface area (Å²) in [6.07, 6.45) is 0. The summed E-state index contributed by atoms with van der Waals surface area (Å²) in [6, 6.07) is 10.1. The Labute approximate surface area is 167 Å². The van der Waals surface area contributed by atoms with E-state index in [4.69, 9.17) is 16.1 Å². The van der Waals surface area contributed by atoms with Crippen molar-refractivity contribution < 1.29 is 19.5 Å². The van der Waals surface area contributed by atoms with E-state index in [1.54, 1.807) is 20.8 Å². The molecule has 146 valence electrons. The number of phenolic OH excluding ortho intramolecular Hbond substituents is 2. The number of benzene rings is 2. The number of carbonyl (C=O) groups is 1. The van der Waals surface area contributed by atoms with E-state index in [-0.39, 0.29) is 33.9 Å². The number of phenols is 2. The van der Waals surface area contributed by atoms with Gasteiger partial charge in [-0.25, -0.2) is 0 Å². The maximum atomic E-state index is 12.5. The molecule has 0 aliphatic heterocycles. The molecule has 0 saturated heterocycles. The van der Waals surface area contributed by atoms with Crippen molar-refractivity contribution in [3.05, 3.63) is 47.0 Å². The number of hydrogen-bond acceptors (Lipinski definition) is 5. The van der Waals surface area contributed by atoms with Crippen LogP contribution in [0.25, 0.3) is 22.4 Å². The molecule has 0 bridgehead atoms. The van der Waals surface area contributed by atoms with Gasteiger partial charge in [-0.15, -0.1) is 0 Å².